The summed E-state index contributed by atoms with van der Waals surface area (Å²) in [6.45, 7) is 3.84. The van der Waals surface area contributed by atoms with Crippen LogP contribution in [-0.4, -0.2) is 48.1 Å². The molecule has 1 aliphatic rings. The third-order valence-electron chi connectivity index (χ3n) is 2.63. The third-order valence-corrected chi connectivity index (χ3v) is 2.95. The Balaban J connectivity index is 2.17. The zero-order chi connectivity index (χ0) is 11.4. The molecule has 0 atom stereocenters. The van der Waals surface area contributed by atoms with E-state index >= 15 is 0 Å². The van der Waals surface area contributed by atoms with Crippen molar-refractivity contribution in [1.82, 2.24) is 15.5 Å². The Bertz CT molecular complexity index is 355. The van der Waals surface area contributed by atoms with E-state index in [1.54, 1.807) is 0 Å². The van der Waals surface area contributed by atoms with Gasteiger partial charge in [-0.1, -0.05) is 11.6 Å². The van der Waals surface area contributed by atoms with Gasteiger partial charge in [-0.25, -0.2) is 0 Å². The van der Waals surface area contributed by atoms with Crippen LogP contribution in [0.15, 0.2) is 6.07 Å². The van der Waals surface area contributed by atoms with Crippen LogP contribution >= 0.6 is 11.6 Å². The molecule has 0 bridgehead atoms. The first kappa shape index (κ1) is 11.6. The second-order valence-electron chi connectivity index (χ2n) is 3.73. The molecule has 0 aromatic carbocycles. The fraction of sp³-hybridized carbons (Fsp3) is 0.600. The number of hydrogen-bond acceptors (Lipinski definition) is 5. The van der Waals surface area contributed by atoms with Gasteiger partial charge in [0, 0.05) is 32.8 Å². The van der Waals surface area contributed by atoms with Gasteiger partial charge in [-0.15, -0.1) is 10.2 Å². The molecule has 0 aliphatic carbocycles. The molecule has 0 spiro atoms. The number of nitrogens with zero attached hydrogens (tertiary/aromatic N) is 3. The van der Waals surface area contributed by atoms with Gasteiger partial charge in [0.25, 0.3) is 0 Å². The Morgan fingerprint density at radius 3 is 2.81 bits per heavy atom. The summed E-state index contributed by atoms with van der Waals surface area (Å²) in [6.07, 6.45) is 0.521. The largest absolute Gasteiger partial charge is 0.396 e. The Labute approximate surface area is 99.4 Å². The Morgan fingerprint density at radius 2 is 2.12 bits per heavy atom. The molecular formula is C10H15ClN4O. The lowest BCUT2D eigenvalue weighted by Crippen LogP contribution is -2.44. The Kier molecular flexibility index (Phi) is 3.93. The lowest BCUT2D eigenvalue weighted by molar-refractivity contribution is 0.299. The van der Waals surface area contributed by atoms with Crippen molar-refractivity contribution < 1.29 is 5.11 Å². The van der Waals surface area contributed by atoms with E-state index in [1.807, 2.05) is 6.07 Å². The highest BCUT2D eigenvalue weighted by atomic mass is 35.5. The van der Waals surface area contributed by atoms with Crippen molar-refractivity contribution in [1.29, 1.82) is 0 Å². The summed E-state index contributed by atoms with van der Waals surface area (Å²) >= 11 is 5.90. The summed E-state index contributed by atoms with van der Waals surface area (Å²) in [5, 5.41) is 20.6. The first-order valence-electron chi connectivity index (χ1n) is 5.40. The molecule has 0 saturated carbocycles. The molecule has 6 heteroatoms. The lowest BCUT2D eigenvalue weighted by atomic mass is 10.2. The number of aromatic nitrogens is 2. The summed E-state index contributed by atoms with van der Waals surface area (Å²) in [4.78, 5) is 2.17. The van der Waals surface area contributed by atoms with Crippen LogP contribution in [0.2, 0.25) is 5.15 Å². The number of aliphatic hydroxyl groups excluding tert-OH is 1. The minimum atomic E-state index is 0.0758. The van der Waals surface area contributed by atoms with Crippen molar-refractivity contribution in [3.05, 3.63) is 16.8 Å². The van der Waals surface area contributed by atoms with E-state index in [0.717, 1.165) is 37.6 Å². The number of aliphatic hydroxyl groups is 1. The van der Waals surface area contributed by atoms with Crippen LogP contribution < -0.4 is 10.2 Å². The first-order chi connectivity index (χ1) is 7.81. The SMILES string of the molecule is OCCc1cc(N2CCNCC2)nnc1Cl. The first-order valence-corrected chi connectivity index (χ1v) is 5.77. The minimum Gasteiger partial charge on any atom is -0.396 e. The third kappa shape index (κ3) is 2.61. The van der Waals surface area contributed by atoms with Crippen molar-refractivity contribution in [3.8, 4) is 0 Å². The predicted molar refractivity (Wildman–Crippen MR) is 62.9 cm³/mol. The average molecular weight is 243 g/mol. The van der Waals surface area contributed by atoms with Crippen molar-refractivity contribution in [2.45, 2.75) is 6.42 Å². The average Bonchev–Trinajstić information content (AvgIpc) is 2.33. The van der Waals surface area contributed by atoms with Gasteiger partial charge < -0.3 is 15.3 Å². The predicted octanol–water partition coefficient (Wildman–Crippen LogP) is 0.0744. The van der Waals surface area contributed by atoms with Crippen LogP contribution in [-0.2, 0) is 6.42 Å². The molecule has 2 heterocycles. The van der Waals surface area contributed by atoms with E-state index in [2.05, 4.69) is 20.4 Å². The molecule has 2 rings (SSSR count). The zero-order valence-electron chi connectivity index (χ0n) is 8.99. The van der Waals surface area contributed by atoms with Crippen molar-refractivity contribution in [2.24, 2.45) is 0 Å². The van der Waals surface area contributed by atoms with Crippen LogP contribution in [0.25, 0.3) is 0 Å². The van der Waals surface area contributed by atoms with Crippen LogP contribution in [0, 0.1) is 0 Å². The van der Waals surface area contributed by atoms with Crippen molar-refractivity contribution in [2.75, 3.05) is 37.7 Å². The van der Waals surface area contributed by atoms with Gasteiger partial charge >= 0.3 is 0 Å². The number of nitrogens with one attached hydrogen (secondary N) is 1. The van der Waals surface area contributed by atoms with Gasteiger partial charge in [0.2, 0.25) is 0 Å². The van der Waals surface area contributed by atoms with Gasteiger partial charge in [0.05, 0.1) is 0 Å². The minimum absolute atomic E-state index is 0.0758. The van der Waals surface area contributed by atoms with E-state index in [-0.39, 0.29) is 6.61 Å². The molecule has 1 aliphatic heterocycles. The highest BCUT2D eigenvalue weighted by molar-refractivity contribution is 6.30. The number of piperazine rings is 1. The van der Waals surface area contributed by atoms with E-state index in [9.17, 15) is 0 Å². The summed E-state index contributed by atoms with van der Waals surface area (Å²) < 4.78 is 0. The molecule has 88 valence electrons. The van der Waals surface area contributed by atoms with Gasteiger partial charge in [0.15, 0.2) is 11.0 Å². The van der Waals surface area contributed by atoms with Crippen molar-refractivity contribution in [3.63, 3.8) is 0 Å². The maximum Gasteiger partial charge on any atom is 0.155 e. The molecule has 1 aromatic rings. The van der Waals surface area contributed by atoms with Crippen molar-refractivity contribution >= 4 is 17.4 Å². The maximum atomic E-state index is 8.91. The van der Waals surface area contributed by atoms with E-state index in [1.165, 1.54) is 0 Å². The monoisotopic (exact) mass is 242 g/mol. The highest BCUT2D eigenvalue weighted by Gasteiger charge is 2.13. The lowest BCUT2D eigenvalue weighted by Gasteiger charge is -2.28. The van der Waals surface area contributed by atoms with Crippen LogP contribution in [0.5, 0.6) is 0 Å². The van der Waals surface area contributed by atoms with Crippen LogP contribution in [0.4, 0.5) is 5.82 Å². The molecule has 1 aromatic heterocycles. The molecular weight excluding hydrogens is 228 g/mol. The van der Waals surface area contributed by atoms with Gasteiger partial charge in [-0.3, -0.25) is 0 Å². The molecule has 2 N–H and O–H groups in total. The molecule has 5 nitrogen and oxygen atoms in total. The summed E-state index contributed by atoms with van der Waals surface area (Å²) in [5.41, 5.74) is 0.854. The smallest absolute Gasteiger partial charge is 0.155 e. The molecule has 1 saturated heterocycles. The highest BCUT2D eigenvalue weighted by Crippen LogP contribution is 2.18. The normalized spacial score (nSPS) is 16.5. The van der Waals surface area contributed by atoms with E-state index < -0.39 is 0 Å². The van der Waals surface area contributed by atoms with Gasteiger partial charge in [-0.05, 0) is 18.1 Å². The maximum absolute atomic E-state index is 8.91. The number of halogens is 1. The van der Waals surface area contributed by atoms with Crippen LogP contribution in [0.3, 0.4) is 0 Å². The Hall–Kier alpha value is -0.910. The molecule has 16 heavy (non-hydrogen) atoms. The molecule has 1 fully saturated rings. The number of rotatable bonds is 3. The number of hydrogen-bond donors (Lipinski definition) is 2. The van der Waals surface area contributed by atoms with Crippen LogP contribution in [0.1, 0.15) is 5.56 Å². The fourth-order valence-corrected chi connectivity index (χ4v) is 1.93. The molecule has 0 radical (unpaired) electrons. The Morgan fingerprint density at radius 1 is 1.38 bits per heavy atom. The second kappa shape index (κ2) is 5.43. The summed E-state index contributed by atoms with van der Waals surface area (Å²) in [5.74, 6) is 0.842. The topological polar surface area (TPSA) is 61.3 Å². The molecule has 0 unspecified atom stereocenters. The quantitative estimate of drug-likeness (QED) is 0.786. The number of anilines is 1. The molecule has 0 amide bonds. The fourth-order valence-electron chi connectivity index (χ4n) is 1.75. The van der Waals surface area contributed by atoms with Gasteiger partial charge in [-0.2, -0.15) is 0 Å². The summed E-state index contributed by atoms with van der Waals surface area (Å²) in [7, 11) is 0. The van der Waals surface area contributed by atoms with Gasteiger partial charge in [0.1, 0.15) is 0 Å². The van der Waals surface area contributed by atoms with E-state index in [4.69, 9.17) is 16.7 Å². The zero-order valence-corrected chi connectivity index (χ0v) is 9.74. The van der Waals surface area contributed by atoms with E-state index in [0.29, 0.717) is 11.6 Å². The standard InChI is InChI=1S/C10H15ClN4O/c11-10-8(1-6-16)7-9(13-14-10)15-4-2-12-3-5-15/h7,12,16H,1-6H2. The second-order valence-corrected chi connectivity index (χ2v) is 4.09. The summed E-state index contributed by atoms with van der Waals surface area (Å²) in [6, 6.07) is 1.91.